The largest absolute Gasteiger partial charge is 0.453 e. The molecule has 0 bridgehead atoms. The topological polar surface area (TPSA) is 76.7 Å². The summed E-state index contributed by atoms with van der Waals surface area (Å²) in [5.41, 5.74) is 0. The fraction of sp³-hybridized carbons (Fsp3) is 0.500. The summed E-state index contributed by atoms with van der Waals surface area (Å²) in [6.45, 7) is 0. The van der Waals surface area contributed by atoms with Crippen LogP contribution in [0.1, 0.15) is 0 Å². The first-order chi connectivity index (χ1) is 6.70. The van der Waals surface area contributed by atoms with Crippen LogP contribution in [0.2, 0.25) is 0 Å². The molecule has 0 aromatic rings. The van der Waals surface area contributed by atoms with E-state index in [1.807, 2.05) is 0 Å². The van der Waals surface area contributed by atoms with Gasteiger partial charge in [-0.1, -0.05) is 6.08 Å². The molecule has 1 aliphatic heterocycles. The average Bonchev–Trinajstić information content (AvgIpc) is 2.67. The van der Waals surface area contributed by atoms with Crippen LogP contribution in [0.15, 0.2) is 12.2 Å². The van der Waals surface area contributed by atoms with E-state index in [-0.39, 0.29) is 18.2 Å². The average molecular weight is 198 g/mol. The third kappa shape index (κ3) is 1.39. The molecule has 1 heterocycles. The molecule has 2 rings (SSSR count). The maximum atomic E-state index is 10.9. The second-order valence-electron chi connectivity index (χ2n) is 3.09. The third-order valence-electron chi connectivity index (χ3n) is 2.25. The molecule has 0 aromatic carbocycles. The number of hydrogen-bond acceptors (Lipinski definition) is 4. The van der Waals surface area contributed by atoms with Crippen LogP contribution in [0.5, 0.6) is 0 Å². The Morgan fingerprint density at radius 3 is 3.14 bits per heavy atom. The first kappa shape index (κ1) is 8.86. The SMILES string of the molecule is COC(=O)NC1C=CC2OC(=O)NC12. The first-order valence-corrected chi connectivity index (χ1v) is 4.20. The molecule has 3 unspecified atom stereocenters. The number of hydrogen-bond donors (Lipinski definition) is 2. The Morgan fingerprint density at radius 1 is 1.64 bits per heavy atom. The van der Waals surface area contributed by atoms with Crippen LogP contribution in [0.3, 0.4) is 0 Å². The molecule has 1 saturated heterocycles. The van der Waals surface area contributed by atoms with Gasteiger partial charge in [0.05, 0.1) is 19.2 Å². The van der Waals surface area contributed by atoms with Crippen LogP contribution in [-0.2, 0) is 9.47 Å². The molecular formula is C8H10N2O4. The van der Waals surface area contributed by atoms with E-state index in [1.54, 1.807) is 12.2 Å². The Balaban J connectivity index is 1.99. The summed E-state index contributed by atoms with van der Waals surface area (Å²) in [6.07, 6.45) is 2.24. The molecule has 14 heavy (non-hydrogen) atoms. The van der Waals surface area contributed by atoms with E-state index in [1.165, 1.54) is 7.11 Å². The lowest BCUT2D eigenvalue weighted by Gasteiger charge is -2.16. The molecule has 0 saturated carbocycles. The van der Waals surface area contributed by atoms with Crippen LogP contribution < -0.4 is 10.6 Å². The lowest BCUT2D eigenvalue weighted by atomic mass is 10.1. The summed E-state index contributed by atoms with van der Waals surface area (Å²) in [5, 5.41) is 5.18. The molecule has 2 amide bonds. The lowest BCUT2D eigenvalue weighted by Crippen LogP contribution is -2.47. The predicted molar refractivity (Wildman–Crippen MR) is 45.7 cm³/mol. The van der Waals surface area contributed by atoms with Crippen molar-refractivity contribution in [1.82, 2.24) is 10.6 Å². The van der Waals surface area contributed by atoms with Gasteiger partial charge in [-0.15, -0.1) is 0 Å². The van der Waals surface area contributed by atoms with Gasteiger partial charge in [0.2, 0.25) is 0 Å². The number of rotatable bonds is 1. The zero-order chi connectivity index (χ0) is 10.1. The molecule has 2 N–H and O–H groups in total. The zero-order valence-corrected chi connectivity index (χ0v) is 7.52. The highest BCUT2D eigenvalue weighted by Gasteiger charge is 2.41. The lowest BCUT2D eigenvalue weighted by molar-refractivity contribution is 0.152. The molecule has 0 aromatic heterocycles. The number of carbonyl (C=O) groups excluding carboxylic acids is 2. The molecule has 2 aliphatic rings. The van der Waals surface area contributed by atoms with E-state index in [0.717, 1.165) is 0 Å². The van der Waals surface area contributed by atoms with Crippen molar-refractivity contribution in [3.05, 3.63) is 12.2 Å². The second-order valence-corrected chi connectivity index (χ2v) is 3.09. The van der Waals surface area contributed by atoms with E-state index < -0.39 is 12.2 Å². The fourth-order valence-corrected chi connectivity index (χ4v) is 1.58. The summed E-state index contributed by atoms with van der Waals surface area (Å²) >= 11 is 0. The van der Waals surface area contributed by atoms with E-state index in [0.29, 0.717) is 0 Å². The Kier molecular flexibility index (Phi) is 2.03. The maximum Gasteiger partial charge on any atom is 0.408 e. The Hall–Kier alpha value is -1.72. The van der Waals surface area contributed by atoms with Gasteiger partial charge < -0.3 is 20.1 Å². The van der Waals surface area contributed by atoms with Crippen LogP contribution in [0.4, 0.5) is 9.59 Å². The van der Waals surface area contributed by atoms with Gasteiger partial charge in [-0.3, -0.25) is 0 Å². The molecule has 6 nitrogen and oxygen atoms in total. The molecule has 6 heteroatoms. The maximum absolute atomic E-state index is 10.9. The van der Waals surface area contributed by atoms with Gasteiger partial charge in [0, 0.05) is 0 Å². The van der Waals surface area contributed by atoms with E-state index in [2.05, 4.69) is 15.4 Å². The Morgan fingerprint density at radius 2 is 2.43 bits per heavy atom. The van der Waals surface area contributed by atoms with Gasteiger partial charge in [-0.2, -0.15) is 0 Å². The molecule has 3 atom stereocenters. The van der Waals surface area contributed by atoms with Gasteiger partial charge in [-0.05, 0) is 6.08 Å². The second kappa shape index (κ2) is 3.21. The fourth-order valence-electron chi connectivity index (χ4n) is 1.58. The van der Waals surface area contributed by atoms with Gasteiger partial charge in [0.25, 0.3) is 0 Å². The third-order valence-corrected chi connectivity index (χ3v) is 2.25. The number of nitrogens with one attached hydrogen (secondary N) is 2. The van der Waals surface area contributed by atoms with Crippen LogP contribution in [0, 0.1) is 0 Å². The van der Waals surface area contributed by atoms with Crippen molar-refractivity contribution in [1.29, 1.82) is 0 Å². The van der Waals surface area contributed by atoms with Gasteiger partial charge >= 0.3 is 12.2 Å². The van der Waals surface area contributed by atoms with E-state index in [9.17, 15) is 9.59 Å². The number of methoxy groups -OCH3 is 1. The highest BCUT2D eigenvalue weighted by molar-refractivity contribution is 5.73. The van der Waals surface area contributed by atoms with Crippen LogP contribution in [0.25, 0.3) is 0 Å². The monoisotopic (exact) mass is 198 g/mol. The summed E-state index contributed by atoms with van der Waals surface area (Å²) < 4.78 is 9.35. The molecule has 1 aliphatic carbocycles. The molecule has 0 spiro atoms. The molecule has 0 radical (unpaired) electrons. The quantitative estimate of drug-likeness (QED) is 0.570. The van der Waals surface area contributed by atoms with Crippen molar-refractivity contribution < 1.29 is 19.1 Å². The first-order valence-electron chi connectivity index (χ1n) is 4.20. The smallest absolute Gasteiger partial charge is 0.408 e. The van der Waals surface area contributed by atoms with Crippen molar-refractivity contribution in [3.63, 3.8) is 0 Å². The minimum Gasteiger partial charge on any atom is -0.453 e. The van der Waals surface area contributed by atoms with Crippen LogP contribution in [-0.4, -0.2) is 37.5 Å². The predicted octanol–water partition coefficient (Wildman–Crippen LogP) is -0.242. The molecule has 76 valence electrons. The summed E-state index contributed by atoms with van der Waals surface area (Å²) in [5.74, 6) is 0. The van der Waals surface area contributed by atoms with Crippen LogP contribution >= 0.6 is 0 Å². The number of amides is 2. The number of ether oxygens (including phenoxy) is 2. The zero-order valence-electron chi connectivity index (χ0n) is 7.52. The Labute approximate surface area is 80.2 Å². The van der Waals surface area contributed by atoms with Crippen molar-refractivity contribution in [2.24, 2.45) is 0 Å². The molecule has 1 fully saturated rings. The van der Waals surface area contributed by atoms with Gasteiger partial charge in [-0.25, -0.2) is 9.59 Å². The van der Waals surface area contributed by atoms with Crippen molar-refractivity contribution in [2.45, 2.75) is 18.2 Å². The van der Waals surface area contributed by atoms with E-state index in [4.69, 9.17) is 4.74 Å². The minimum absolute atomic E-state index is 0.221. The summed E-state index contributed by atoms with van der Waals surface area (Å²) in [7, 11) is 1.29. The van der Waals surface area contributed by atoms with Gasteiger partial charge in [0.1, 0.15) is 6.10 Å². The number of alkyl carbamates (subject to hydrolysis) is 2. The van der Waals surface area contributed by atoms with Gasteiger partial charge in [0.15, 0.2) is 0 Å². The van der Waals surface area contributed by atoms with Crippen molar-refractivity contribution in [2.75, 3.05) is 7.11 Å². The standard InChI is InChI=1S/C8H10N2O4/c1-13-7(11)9-4-2-3-5-6(4)10-8(12)14-5/h2-6H,1H3,(H,9,11)(H,10,12). The number of fused-ring (bicyclic) bond motifs is 1. The van der Waals surface area contributed by atoms with Crippen molar-refractivity contribution >= 4 is 12.2 Å². The normalized spacial score (nSPS) is 33.2. The summed E-state index contributed by atoms with van der Waals surface area (Å²) in [4.78, 5) is 21.8. The molecular weight excluding hydrogens is 188 g/mol. The van der Waals surface area contributed by atoms with Crippen molar-refractivity contribution in [3.8, 4) is 0 Å². The minimum atomic E-state index is -0.526. The number of carbonyl (C=O) groups is 2. The Bertz CT molecular complexity index is 302. The summed E-state index contributed by atoms with van der Waals surface area (Å²) in [6, 6.07) is -0.486. The highest BCUT2D eigenvalue weighted by Crippen LogP contribution is 2.20. The van der Waals surface area contributed by atoms with E-state index >= 15 is 0 Å². The highest BCUT2D eigenvalue weighted by atomic mass is 16.6.